The van der Waals surface area contributed by atoms with Crippen LogP contribution in [0.1, 0.15) is 15.9 Å². The molecule has 1 aromatic carbocycles. The third kappa shape index (κ3) is 6.28. The maximum atomic E-state index is 13.6. The van der Waals surface area contributed by atoms with E-state index >= 15 is 0 Å². The Labute approximate surface area is 173 Å². The molecule has 2 aromatic rings. The van der Waals surface area contributed by atoms with Crippen LogP contribution in [0, 0.1) is 5.82 Å². The van der Waals surface area contributed by atoms with E-state index in [1.54, 1.807) is 0 Å². The van der Waals surface area contributed by atoms with Gasteiger partial charge in [0.05, 0.1) is 22.1 Å². The lowest BCUT2D eigenvalue weighted by molar-refractivity contribution is 0.0951. The first kappa shape index (κ1) is 24.1. The van der Waals surface area contributed by atoms with Gasteiger partial charge in [0.25, 0.3) is 5.91 Å². The zero-order chi connectivity index (χ0) is 20.0. The van der Waals surface area contributed by atoms with E-state index in [4.69, 9.17) is 22.1 Å². The summed E-state index contributed by atoms with van der Waals surface area (Å²) < 4.78 is 45.6. The van der Waals surface area contributed by atoms with Gasteiger partial charge in [-0.2, -0.15) is 0 Å². The van der Waals surface area contributed by atoms with Crippen molar-refractivity contribution in [3.8, 4) is 0 Å². The van der Waals surface area contributed by atoms with Gasteiger partial charge in [0.2, 0.25) is 10.0 Å². The van der Waals surface area contributed by atoms with Gasteiger partial charge in [-0.25, -0.2) is 22.5 Å². The summed E-state index contributed by atoms with van der Waals surface area (Å²) in [6.45, 7) is -0.0245. The largest absolute Gasteiger partial charge is 0.383 e. The van der Waals surface area contributed by atoms with Crippen LogP contribution in [-0.4, -0.2) is 39.6 Å². The highest BCUT2D eigenvalue weighted by Crippen LogP contribution is 2.18. The Morgan fingerprint density at radius 1 is 1.36 bits per heavy atom. The number of methoxy groups -OCH3 is 1. The molecule has 0 aliphatic carbocycles. The smallest absolute Gasteiger partial charge is 0.255 e. The van der Waals surface area contributed by atoms with Crippen LogP contribution in [0.3, 0.4) is 0 Å². The van der Waals surface area contributed by atoms with Crippen molar-refractivity contribution in [3.05, 3.63) is 52.4 Å². The number of rotatable bonds is 8. The van der Waals surface area contributed by atoms with Crippen molar-refractivity contribution in [2.45, 2.75) is 11.4 Å². The zero-order valence-corrected chi connectivity index (χ0v) is 17.1. The molecule has 0 radical (unpaired) electrons. The van der Waals surface area contributed by atoms with E-state index in [0.717, 1.165) is 18.2 Å². The number of hydrogen-bond acceptors (Lipinski definition) is 6. The number of sulfonamides is 1. The summed E-state index contributed by atoms with van der Waals surface area (Å²) in [6, 6.07) is 4.51. The van der Waals surface area contributed by atoms with E-state index in [2.05, 4.69) is 15.0 Å². The molecule has 1 aromatic heterocycles. The molecule has 0 aliphatic rings. The lowest BCUT2D eigenvalue weighted by Gasteiger charge is -2.13. The molecule has 12 heteroatoms. The van der Waals surface area contributed by atoms with Crippen LogP contribution in [0.2, 0.25) is 5.02 Å². The van der Waals surface area contributed by atoms with Crippen molar-refractivity contribution in [1.29, 1.82) is 0 Å². The van der Waals surface area contributed by atoms with Crippen molar-refractivity contribution < 1.29 is 22.3 Å². The highest BCUT2D eigenvalue weighted by molar-refractivity contribution is 7.89. The van der Waals surface area contributed by atoms with Crippen LogP contribution in [0.4, 0.5) is 10.2 Å². The number of hydrogen-bond donors (Lipinski definition) is 3. The zero-order valence-electron chi connectivity index (χ0n) is 14.7. The van der Waals surface area contributed by atoms with Gasteiger partial charge in [-0.1, -0.05) is 11.6 Å². The molecule has 154 valence electrons. The molecule has 0 saturated carbocycles. The van der Waals surface area contributed by atoms with Crippen LogP contribution in [0.15, 0.2) is 35.4 Å². The van der Waals surface area contributed by atoms with Crippen molar-refractivity contribution in [2.24, 2.45) is 0 Å². The van der Waals surface area contributed by atoms with Gasteiger partial charge in [-0.05, 0) is 29.8 Å². The number of nitrogen functional groups attached to an aromatic ring is 1. The van der Waals surface area contributed by atoms with Crippen molar-refractivity contribution >= 4 is 45.8 Å². The van der Waals surface area contributed by atoms with Crippen LogP contribution < -0.4 is 15.8 Å². The Kier molecular flexibility index (Phi) is 9.05. The van der Waals surface area contributed by atoms with Crippen LogP contribution in [0.25, 0.3) is 0 Å². The summed E-state index contributed by atoms with van der Waals surface area (Å²) in [5.41, 5.74) is 5.74. The predicted molar refractivity (Wildman–Crippen MR) is 106 cm³/mol. The normalized spacial score (nSPS) is 11.0. The fourth-order valence-electron chi connectivity index (χ4n) is 2.21. The van der Waals surface area contributed by atoms with E-state index in [1.807, 2.05) is 0 Å². The lowest BCUT2D eigenvalue weighted by Crippen LogP contribution is -2.30. The van der Waals surface area contributed by atoms with E-state index in [-0.39, 0.29) is 59.0 Å². The molecule has 0 atom stereocenters. The van der Waals surface area contributed by atoms with Crippen LogP contribution >= 0.6 is 24.0 Å². The molecule has 0 saturated heterocycles. The molecule has 0 spiro atoms. The molecule has 1 heterocycles. The minimum Gasteiger partial charge on any atom is -0.383 e. The van der Waals surface area contributed by atoms with Crippen LogP contribution in [-0.2, 0) is 21.3 Å². The number of halogens is 3. The van der Waals surface area contributed by atoms with Gasteiger partial charge < -0.3 is 15.8 Å². The number of benzene rings is 1. The fraction of sp³-hybridized carbons (Fsp3) is 0.250. The Morgan fingerprint density at radius 2 is 2.07 bits per heavy atom. The molecule has 0 aliphatic heterocycles. The monoisotopic (exact) mass is 452 g/mol. The maximum absolute atomic E-state index is 13.6. The van der Waals surface area contributed by atoms with Gasteiger partial charge in [0.1, 0.15) is 11.6 Å². The Hall–Kier alpha value is -1.98. The number of nitrogens with zero attached hydrogens (tertiary/aromatic N) is 1. The average Bonchev–Trinajstić information content (AvgIpc) is 2.61. The molecule has 0 bridgehead atoms. The SMILES string of the molecule is COCCNS(=O)(=O)c1ccc(F)cc1CNC(=O)c1cc(Cl)cnc1N.Cl. The number of nitrogens with two attached hydrogens (primary N) is 1. The second kappa shape index (κ2) is 10.5. The van der Waals surface area contributed by atoms with E-state index < -0.39 is 21.7 Å². The number of anilines is 1. The maximum Gasteiger partial charge on any atom is 0.255 e. The number of aromatic nitrogens is 1. The molecule has 2 rings (SSSR count). The Bertz CT molecular complexity index is 944. The van der Waals surface area contributed by atoms with E-state index in [0.29, 0.717) is 0 Å². The lowest BCUT2D eigenvalue weighted by atomic mass is 10.2. The molecule has 8 nitrogen and oxygen atoms in total. The van der Waals surface area contributed by atoms with Crippen LogP contribution in [0.5, 0.6) is 0 Å². The summed E-state index contributed by atoms with van der Waals surface area (Å²) in [7, 11) is -2.48. The van der Waals surface area contributed by atoms with Crippen molar-refractivity contribution in [2.75, 3.05) is 26.0 Å². The molecular formula is C16H19Cl2FN4O4S. The molecular weight excluding hydrogens is 434 g/mol. The molecule has 28 heavy (non-hydrogen) atoms. The summed E-state index contributed by atoms with van der Waals surface area (Å²) in [4.78, 5) is 15.9. The first-order valence-corrected chi connectivity index (χ1v) is 9.57. The second-order valence-electron chi connectivity index (χ2n) is 5.41. The van der Waals surface area contributed by atoms with Gasteiger partial charge in [0.15, 0.2) is 0 Å². The number of carbonyl (C=O) groups is 1. The third-order valence-corrected chi connectivity index (χ3v) is 5.25. The van der Waals surface area contributed by atoms with Gasteiger partial charge in [-0.3, -0.25) is 4.79 Å². The topological polar surface area (TPSA) is 123 Å². The minimum absolute atomic E-state index is 0. The molecule has 0 unspecified atom stereocenters. The highest BCUT2D eigenvalue weighted by Gasteiger charge is 2.20. The summed E-state index contributed by atoms with van der Waals surface area (Å²) >= 11 is 5.80. The van der Waals surface area contributed by atoms with Gasteiger partial charge in [0, 0.05) is 26.4 Å². The first-order valence-electron chi connectivity index (χ1n) is 7.71. The van der Waals surface area contributed by atoms with Crippen molar-refractivity contribution in [1.82, 2.24) is 15.0 Å². The summed E-state index contributed by atoms with van der Waals surface area (Å²) in [5.74, 6) is -1.30. The second-order valence-corrected chi connectivity index (χ2v) is 7.58. The summed E-state index contributed by atoms with van der Waals surface area (Å²) in [6.07, 6.45) is 1.29. The number of carbonyl (C=O) groups excluding carboxylic acids is 1. The van der Waals surface area contributed by atoms with Gasteiger partial charge >= 0.3 is 0 Å². The molecule has 1 amide bonds. The standard InChI is InChI=1S/C16H18ClFN4O4S.ClH/c1-26-5-4-22-27(24,25)14-3-2-12(18)6-10(14)8-21-16(23)13-7-11(17)9-20-15(13)19;/h2-3,6-7,9,22H,4-5,8H2,1H3,(H2,19,20)(H,21,23);1H. The predicted octanol–water partition coefficient (Wildman–Crippen LogP) is 1.73. The quantitative estimate of drug-likeness (QED) is 0.524. The minimum atomic E-state index is -3.91. The van der Waals surface area contributed by atoms with Crippen molar-refractivity contribution in [3.63, 3.8) is 0 Å². The molecule has 0 fully saturated rings. The fourth-order valence-corrected chi connectivity index (χ4v) is 3.60. The van der Waals surface area contributed by atoms with E-state index in [9.17, 15) is 17.6 Å². The number of ether oxygens (including phenoxy) is 1. The Balaban J connectivity index is 0.00000392. The number of amides is 1. The van der Waals surface area contributed by atoms with Gasteiger partial charge in [-0.15, -0.1) is 12.4 Å². The van der Waals surface area contributed by atoms with E-state index in [1.165, 1.54) is 19.4 Å². The highest BCUT2D eigenvalue weighted by atomic mass is 35.5. The number of pyridine rings is 1. The first-order chi connectivity index (χ1) is 12.7. The number of nitrogens with one attached hydrogen (secondary N) is 2. The Morgan fingerprint density at radius 3 is 2.75 bits per heavy atom. The molecule has 4 N–H and O–H groups in total. The summed E-state index contributed by atoms with van der Waals surface area (Å²) in [5, 5.41) is 2.70. The average molecular weight is 453 g/mol. The third-order valence-electron chi connectivity index (χ3n) is 3.48.